The Balaban J connectivity index is 2.83. The fraction of sp³-hybridized carbons (Fsp3) is 0.571. The van der Waals surface area contributed by atoms with Gasteiger partial charge in [0.1, 0.15) is 5.76 Å². The van der Waals surface area contributed by atoms with E-state index in [2.05, 4.69) is 25.0 Å². The molecular weight excluding hydrogens is 198 g/mol. The smallest absolute Gasteiger partial charge is 0.141 e. The summed E-state index contributed by atoms with van der Waals surface area (Å²) in [5.41, 5.74) is 1.08. The highest BCUT2D eigenvalue weighted by Crippen LogP contribution is 2.24. The molecule has 1 fully saturated rings. The van der Waals surface area contributed by atoms with Crippen LogP contribution in [-0.2, 0) is 4.74 Å². The highest BCUT2D eigenvalue weighted by atomic mass is 16.5. The third kappa shape index (κ3) is 2.91. The fourth-order valence-electron chi connectivity index (χ4n) is 2.30. The third-order valence-corrected chi connectivity index (χ3v) is 3.29. The van der Waals surface area contributed by atoms with Gasteiger partial charge in [-0.15, -0.1) is 0 Å². The maximum Gasteiger partial charge on any atom is 0.141 e. The van der Waals surface area contributed by atoms with Crippen molar-refractivity contribution < 1.29 is 4.74 Å². The van der Waals surface area contributed by atoms with Gasteiger partial charge in [-0.1, -0.05) is 26.5 Å². The number of ether oxygens (including phenoxy) is 1. The Kier molecular flexibility index (Phi) is 5.17. The van der Waals surface area contributed by atoms with Crippen LogP contribution in [0, 0.1) is 5.92 Å². The van der Waals surface area contributed by atoms with Crippen molar-refractivity contribution in [3.63, 3.8) is 0 Å². The van der Waals surface area contributed by atoms with E-state index in [1.807, 2.05) is 6.08 Å². The molecular formula is C14H23NO. The molecule has 1 aliphatic heterocycles. The first-order chi connectivity index (χ1) is 7.76. The molecule has 0 bridgehead atoms. The van der Waals surface area contributed by atoms with E-state index < -0.39 is 0 Å². The van der Waals surface area contributed by atoms with Crippen LogP contribution in [0.15, 0.2) is 36.8 Å². The molecule has 0 aromatic heterocycles. The minimum atomic E-state index is 0.798. The molecule has 0 N–H and O–H groups in total. The number of allylic oxidation sites excluding steroid dienone is 2. The average molecular weight is 221 g/mol. The Morgan fingerprint density at radius 3 is 2.69 bits per heavy atom. The molecule has 0 amide bonds. The number of methoxy groups -OCH3 is 1. The summed E-state index contributed by atoms with van der Waals surface area (Å²) in [4.78, 5) is 2.37. The topological polar surface area (TPSA) is 12.5 Å². The fourth-order valence-corrected chi connectivity index (χ4v) is 2.30. The van der Waals surface area contributed by atoms with Crippen molar-refractivity contribution in [2.75, 3.05) is 20.2 Å². The molecule has 0 aliphatic carbocycles. The van der Waals surface area contributed by atoms with Gasteiger partial charge in [0, 0.05) is 13.1 Å². The molecule has 1 saturated heterocycles. The first kappa shape index (κ1) is 12.9. The number of hydrogen-bond acceptors (Lipinski definition) is 2. The lowest BCUT2D eigenvalue weighted by Gasteiger charge is -2.35. The third-order valence-electron chi connectivity index (χ3n) is 3.29. The molecule has 0 spiro atoms. The largest absolute Gasteiger partial charge is 0.495 e. The Morgan fingerprint density at radius 2 is 2.19 bits per heavy atom. The summed E-state index contributed by atoms with van der Waals surface area (Å²) >= 11 is 0. The minimum Gasteiger partial charge on any atom is -0.495 e. The second kappa shape index (κ2) is 6.41. The zero-order chi connectivity index (χ0) is 12.0. The van der Waals surface area contributed by atoms with E-state index in [4.69, 9.17) is 4.74 Å². The second-order valence-corrected chi connectivity index (χ2v) is 4.22. The molecule has 0 radical (unpaired) electrons. The molecule has 0 saturated carbocycles. The maximum atomic E-state index is 5.32. The summed E-state index contributed by atoms with van der Waals surface area (Å²) < 4.78 is 5.32. The van der Waals surface area contributed by atoms with Crippen LogP contribution in [0.1, 0.15) is 26.2 Å². The van der Waals surface area contributed by atoms with Gasteiger partial charge in [0.25, 0.3) is 0 Å². The number of piperidine rings is 1. The monoisotopic (exact) mass is 221 g/mol. The zero-order valence-electron chi connectivity index (χ0n) is 10.5. The summed E-state index contributed by atoms with van der Waals surface area (Å²) in [7, 11) is 1.68. The Bertz CT molecular complexity index is 280. The predicted octanol–water partition coefficient (Wildman–Crippen LogP) is 3.34. The molecule has 0 aromatic rings. The molecule has 1 unspecified atom stereocenters. The van der Waals surface area contributed by atoms with Crippen LogP contribution in [0.25, 0.3) is 0 Å². The van der Waals surface area contributed by atoms with Gasteiger partial charge in [0.15, 0.2) is 0 Å². The summed E-state index contributed by atoms with van der Waals surface area (Å²) in [5, 5.41) is 0. The van der Waals surface area contributed by atoms with Gasteiger partial charge in [-0.3, -0.25) is 0 Å². The van der Waals surface area contributed by atoms with Crippen LogP contribution in [0.5, 0.6) is 0 Å². The van der Waals surface area contributed by atoms with E-state index in [1.165, 1.54) is 19.3 Å². The van der Waals surface area contributed by atoms with Crippen LogP contribution < -0.4 is 0 Å². The second-order valence-electron chi connectivity index (χ2n) is 4.22. The first-order valence-electron chi connectivity index (χ1n) is 6.04. The Labute approximate surface area is 99.3 Å². The molecule has 2 nitrogen and oxygen atoms in total. The maximum absolute atomic E-state index is 5.32. The van der Waals surface area contributed by atoms with Gasteiger partial charge < -0.3 is 9.64 Å². The quantitative estimate of drug-likeness (QED) is 0.521. The molecule has 1 heterocycles. The van der Waals surface area contributed by atoms with Crippen molar-refractivity contribution in [3.05, 3.63) is 36.8 Å². The van der Waals surface area contributed by atoms with Crippen molar-refractivity contribution in [2.45, 2.75) is 26.2 Å². The van der Waals surface area contributed by atoms with Crippen LogP contribution in [0.3, 0.4) is 0 Å². The van der Waals surface area contributed by atoms with Gasteiger partial charge in [-0.05, 0) is 30.9 Å². The predicted molar refractivity (Wildman–Crippen MR) is 69.0 cm³/mol. The summed E-state index contributed by atoms with van der Waals surface area (Å²) in [6.07, 6.45) is 7.47. The minimum absolute atomic E-state index is 0.798. The van der Waals surface area contributed by atoms with E-state index >= 15 is 0 Å². The molecule has 16 heavy (non-hydrogen) atoms. The number of nitrogens with zero attached hydrogens (tertiary/aromatic N) is 1. The Morgan fingerprint density at radius 1 is 1.44 bits per heavy atom. The molecule has 2 heteroatoms. The van der Waals surface area contributed by atoms with Crippen LogP contribution in [0.4, 0.5) is 0 Å². The van der Waals surface area contributed by atoms with Gasteiger partial charge in [-0.25, -0.2) is 0 Å². The van der Waals surface area contributed by atoms with E-state index in [0.717, 1.165) is 30.5 Å². The molecule has 1 atom stereocenters. The molecule has 0 aromatic carbocycles. The summed E-state index contributed by atoms with van der Waals surface area (Å²) in [6, 6.07) is 0. The van der Waals surface area contributed by atoms with Crippen LogP contribution in [0.2, 0.25) is 0 Å². The molecule has 1 aliphatic rings. The lowest BCUT2D eigenvalue weighted by Crippen LogP contribution is -2.34. The molecule has 1 rings (SSSR count). The number of rotatable bonds is 5. The average Bonchev–Trinajstić information content (AvgIpc) is 2.35. The van der Waals surface area contributed by atoms with E-state index in [9.17, 15) is 0 Å². The van der Waals surface area contributed by atoms with Crippen LogP contribution >= 0.6 is 0 Å². The standard InChI is InChI=1S/C14H23NO/c1-5-12-9-8-10-15(11-12)13(6-2)14(7-3)16-4/h6-7,12H,2-3,5,8-11H2,1,4H3/b14-13-. The van der Waals surface area contributed by atoms with Gasteiger partial charge >= 0.3 is 0 Å². The summed E-state index contributed by atoms with van der Waals surface area (Å²) in [6.45, 7) is 12.1. The number of likely N-dealkylation sites (tertiary alicyclic amines) is 1. The zero-order valence-corrected chi connectivity index (χ0v) is 10.5. The first-order valence-corrected chi connectivity index (χ1v) is 6.04. The lowest BCUT2D eigenvalue weighted by atomic mass is 9.95. The van der Waals surface area contributed by atoms with E-state index in [1.54, 1.807) is 13.2 Å². The van der Waals surface area contributed by atoms with Crippen molar-refractivity contribution in [1.82, 2.24) is 4.90 Å². The van der Waals surface area contributed by atoms with Gasteiger partial charge in [0.2, 0.25) is 0 Å². The van der Waals surface area contributed by atoms with Crippen molar-refractivity contribution in [2.24, 2.45) is 5.92 Å². The lowest BCUT2D eigenvalue weighted by molar-refractivity contribution is 0.202. The summed E-state index contributed by atoms with van der Waals surface area (Å²) in [5.74, 6) is 1.62. The normalized spacial score (nSPS) is 22.4. The van der Waals surface area contributed by atoms with Crippen molar-refractivity contribution in [3.8, 4) is 0 Å². The van der Waals surface area contributed by atoms with E-state index in [0.29, 0.717) is 0 Å². The van der Waals surface area contributed by atoms with Crippen molar-refractivity contribution >= 4 is 0 Å². The SMILES string of the molecule is C=C/C(OC)=C(\C=C)N1CCCC(CC)C1. The highest BCUT2D eigenvalue weighted by molar-refractivity contribution is 5.26. The van der Waals surface area contributed by atoms with Gasteiger partial charge in [0.05, 0.1) is 12.8 Å². The number of hydrogen-bond donors (Lipinski definition) is 0. The Hall–Kier alpha value is -1.18. The van der Waals surface area contributed by atoms with Gasteiger partial charge in [-0.2, -0.15) is 0 Å². The van der Waals surface area contributed by atoms with E-state index in [-0.39, 0.29) is 0 Å². The highest BCUT2D eigenvalue weighted by Gasteiger charge is 2.20. The molecule has 90 valence electrons. The van der Waals surface area contributed by atoms with Crippen LogP contribution in [-0.4, -0.2) is 25.1 Å². The van der Waals surface area contributed by atoms with Crippen molar-refractivity contribution in [1.29, 1.82) is 0 Å².